The Hall–Kier alpha value is -2.83. The summed E-state index contributed by atoms with van der Waals surface area (Å²) < 4.78 is 5.60. The van der Waals surface area contributed by atoms with Crippen molar-refractivity contribution in [3.63, 3.8) is 0 Å². The summed E-state index contributed by atoms with van der Waals surface area (Å²) in [7, 11) is 0. The molecule has 1 amide bonds. The lowest BCUT2D eigenvalue weighted by Crippen LogP contribution is -2.47. The largest absolute Gasteiger partial charge is 0.444 e. The van der Waals surface area contributed by atoms with Crippen LogP contribution in [0.3, 0.4) is 0 Å². The molecule has 7 nitrogen and oxygen atoms in total. The van der Waals surface area contributed by atoms with Crippen LogP contribution in [-0.2, 0) is 11.3 Å². The van der Waals surface area contributed by atoms with E-state index in [9.17, 15) is 4.79 Å². The van der Waals surface area contributed by atoms with Crippen molar-refractivity contribution >= 4 is 11.9 Å². The van der Waals surface area contributed by atoms with E-state index in [1.807, 2.05) is 51.1 Å². The lowest BCUT2D eigenvalue weighted by Gasteiger charge is -2.30. The number of carbonyl (C=O) groups excluding carboxylic acids is 1. The normalized spacial score (nSPS) is 19.5. The minimum absolute atomic E-state index is 0.0606. The quantitative estimate of drug-likeness (QED) is 0.479. The number of benzene rings is 1. The molecule has 0 spiro atoms. The SMILES string of the molecule is CCNC(=NCc1coc(-c2ccccc2)n1)NC1CCCC(C(=O)NC(C)C)C1. The first-order valence-electron chi connectivity index (χ1n) is 10.9. The molecule has 0 radical (unpaired) electrons. The molecule has 1 aliphatic carbocycles. The Morgan fingerprint density at radius 3 is 2.80 bits per heavy atom. The Balaban J connectivity index is 1.59. The zero-order chi connectivity index (χ0) is 21.3. The van der Waals surface area contributed by atoms with Crippen molar-refractivity contribution < 1.29 is 9.21 Å². The van der Waals surface area contributed by atoms with Crippen LogP contribution in [-0.4, -0.2) is 35.5 Å². The molecule has 162 valence electrons. The van der Waals surface area contributed by atoms with Gasteiger partial charge in [-0.2, -0.15) is 0 Å². The van der Waals surface area contributed by atoms with Gasteiger partial charge in [0.2, 0.25) is 11.8 Å². The summed E-state index contributed by atoms with van der Waals surface area (Å²) in [5, 5.41) is 9.84. The van der Waals surface area contributed by atoms with Gasteiger partial charge in [-0.25, -0.2) is 9.98 Å². The summed E-state index contributed by atoms with van der Waals surface area (Å²) in [5.41, 5.74) is 1.73. The smallest absolute Gasteiger partial charge is 0.226 e. The zero-order valence-corrected chi connectivity index (χ0v) is 18.1. The van der Waals surface area contributed by atoms with Gasteiger partial charge in [0, 0.05) is 30.1 Å². The van der Waals surface area contributed by atoms with Gasteiger partial charge in [0.25, 0.3) is 0 Å². The number of carbonyl (C=O) groups is 1. The van der Waals surface area contributed by atoms with E-state index in [-0.39, 0.29) is 23.9 Å². The van der Waals surface area contributed by atoms with Crippen molar-refractivity contribution in [1.29, 1.82) is 0 Å². The van der Waals surface area contributed by atoms with Gasteiger partial charge in [-0.1, -0.05) is 24.6 Å². The number of hydrogen-bond acceptors (Lipinski definition) is 4. The molecule has 1 heterocycles. The maximum Gasteiger partial charge on any atom is 0.226 e. The molecule has 7 heteroatoms. The van der Waals surface area contributed by atoms with Crippen LogP contribution in [0.15, 0.2) is 46.0 Å². The van der Waals surface area contributed by atoms with E-state index < -0.39 is 0 Å². The van der Waals surface area contributed by atoms with Crippen molar-refractivity contribution in [2.24, 2.45) is 10.9 Å². The Labute approximate surface area is 178 Å². The molecular weight excluding hydrogens is 378 g/mol. The summed E-state index contributed by atoms with van der Waals surface area (Å²) in [6, 6.07) is 10.2. The molecular formula is C23H33N5O2. The molecule has 2 aromatic rings. The van der Waals surface area contributed by atoms with Crippen LogP contribution in [0.4, 0.5) is 0 Å². The predicted octanol–water partition coefficient (Wildman–Crippen LogP) is 3.48. The monoisotopic (exact) mass is 411 g/mol. The first-order chi connectivity index (χ1) is 14.5. The molecule has 30 heavy (non-hydrogen) atoms. The standard InChI is InChI=1S/C23H33N5O2/c1-4-24-23(28-19-12-8-11-18(13-19)21(29)26-16(2)3)25-14-20-15-30-22(27-20)17-9-6-5-7-10-17/h5-7,9-10,15-16,18-19H,4,8,11-14H2,1-3H3,(H,26,29)(H2,24,25,28). The predicted molar refractivity (Wildman–Crippen MR) is 119 cm³/mol. The number of amides is 1. The van der Waals surface area contributed by atoms with Crippen molar-refractivity contribution in [3.05, 3.63) is 42.3 Å². The molecule has 0 bridgehead atoms. The van der Waals surface area contributed by atoms with Gasteiger partial charge >= 0.3 is 0 Å². The number of oxazole rings is 1. The van der Waals surface area contributed by atoms with E-state index in [2.05, 4.69) is 25.9 Å². The molecule has 2 unspecified atom stereocenters. The highest BCUT2D eigenvalue weighted by molar-refractivity contribution is 5.81. The summed E-state index contributed by atoms with van der Waals surface area (Å²) in [6.07, 6.45) is 5.51. The number of nitrogens with one attached hydrogen (secondary N) is 3. The minimum Gasteiger partial charge on any atom is -0.444 e. The van der Waals surface area contributed by atoms with Crippen LogP contribution in [0.1, 0.15) is 52.1 Å². The van der Waals surface area contributed by atoms with Crippen LogP contribution in [0, 0.1) is 5.92 Å². The average Bonchev–Trinajstić information content (AvgIpc) is 3.22. The second kappa shape index (κ2) is 10.8. The van der Waals surface area contributed by atoms with E-state index in [4.69, 9.17) is 4.42 Å². The van der Waals surface area contributed by atoms with Crippen LogP contribution < -0.4 is 16.0 Å². The van der Waals surface area contributed by atoms with Crippen molar-refractivity contribution in [1.82, 2.24) is 20.9 Å². The minimum atomic E-state index is 0.0606. The number of guanidine groups is 1. The van der Waals surface area contributed by atoms with Crippen LogP contribution in [0.5, 0.6) is 0 Å². The molecule has 3 N–H and O–H groups in total. The molecule has 3 rings (SSSR count). The first-order valence-corrected chi connectivity index (χ1v) is 10.9. The average molecular weight is 412 g/mol. The van der Waals surface area contributed by atoms with E-state index in [0.29, 0.717) is 12.4 Å². The number of rotatable bonds is 7. The Kier molecular flexibility index (Phi) is 7.88. The van der Waals surface area contributed by atoms with E-state index >= 15 is 0 Å². The number of aromatic nitrogens is 1. The summed E-state index contributed by atoms with van der Waals surface area (Å²) in [5.74, 6) is 1.57. The fourth-order valence-corrected chi connectivity index (χ4v) is 3.73. The highest BCUT2D eigenvalue weighted by atomic mass is 16.3. The number of aliphatic imine (C=N–C) groups is 1. The second-order valence-electron chi connectivity index (χ2n) is 8.07. The van der Waals surface area contributed by atoms with Gasteiger partial charge in [-0.3, -0.25) is 4.79 Å². The summed E-state index contributed by atoms with van der Waals surface area (Å²) in [6.45, 7) is 7.24. The molecule has 1 aromatic carbocycles. The zero-order valence-electron chi connectivity index (χ0n) is 18.1. The third-order valence-corrected chi connectivity index (χ3v) is 5.13. The summed E-state index contributed by atoms with van der Waals surface area (Å²) >= 11 is 0. The number of hydrogen-bond donors (Lipinski definition) is 3. The van der Waals surface area contributed by atoms with Crippen LogP contribution >= 0.6 is 0 Å². The van der Waals surface area contributed by atoms with Gasteiger partial charge in [0.15, 0.2) is 5.96 Å². The third kappa shape index (κ3) is 6.34. The molecule has 1 aliphatic rings. The lowest BCUT2D eigenvalue weighted by molar-refractivity contribution is -0.126. The highest BCUT2D eigenvalue weighted by Gasteiger charge is 2.28. The topological polar surface area (TPSA) is 91.6 Å². The Bertz CT molecular complexity index is 831. The molecule has 0 saturated heterocycles. The van der Waals surface area contributed by atoms with Crippen LogP contribution in [0.2, 0.25) is 0 Å². The fraction of sp³-hybridized carbons (Fsp3) is 0.522. The van der Waals surface area contributed by atoms with Gasteiger partial charge in [0.05, 0.1) is 6.54 Å². The van der Waals surface area contributed by atoms with Crippen molar-refractivity contribution in [2.75, 3.05) is 6.54 Å². The molecule has 1 saturated carbocycles. The van der Waals surface area contributed by atoms with Crippen molar-refractivity contribution in [3.8, 4) is 11.5 Å². The number of nitrogens with zero attached hydrogens (tertiary/aromatic N) is 2. The Morgan fingerprint density at radius 2 is 2.07 bits per heavy atom. The second-order valence-corrected chi connectivity index (χ2v) is 8.07. The molecule has 1 aromatic heterocycles. The van der Waals surface area contributed by atoms with Crippen LogP contribution in [0.25, 0.3) is 11.5 Å². The van der Waals surface area contributed by atoms with Gasteiger partial charge in [0.1, 0.15) is 12.0 Å². The van der Waals surface area contributed by atoms with Crippen molar-refractivity contribution in [2.45, 2.75) is 65.1 Å². The maximum absolute atomic E-state index is 12.4. The van der Waals surface area contributed by atoms with Gasteiger partial charge in [-0.05, 0) is 52.2 Å². The fourth-order valence-electron chi connectivity index (χ4n) is 3.73. The lowest BCUT2D eigenvalue weighted by atomic mass is 9.85. The maximum atomic E-state index is 12.4. The summed E-state index contributed by atoms with van der Waals surface area (Å²) in [4.78, 5) is 21.6. The van der Waals surface area contributed by atoms with E-state index in [1.54, 1.807) is 6.26 Å². The highest BCUT2D eigenvalue weighted by Crippen LogP contribution is 2.24. The van der Waals surface area contributed by atoms with Gasteiger partial charge < -0.3 is 20.4 Å². The Morgan fingerprint density at radius 1 is 1.27 bits per heavy atom. The molecule has 0 aliphatic heterocycles. The molecule has 1 fully saturated rings. The molecule has 2 atom stereocenters. The first kappa shape index (κ1) is 21.9. The van der Waals surface area contributed by atoms with E-state index in [0.717, 1.165) is 49.4 Å². The van der Waals surface area contributed by atoms with E-state index in [1.165, 1.54) is 0 Å². The third-order valence-electron chi connectivity index (χ3n) is 5.13. The van der Waals surface area contributed by atoms with Gasteiger partial charge in [-0.15, -0.1) is 0 Å².